The van der Waals surface area contributed by atoms with E-state index in [4.69, 9.17) is 0 Å². The Morgan fingerprint density at radius 2 is 1.84 bits per heavy atom. The van der Waals surface area contributed by atoms with E-state index in [1.807, 2.05) is 19.0 Å². The minimum absolute atomic E-state index is 0.0524. The number of urea groups is 1. The highest BCUT2D eigenvalue weighted by Crippen LogP contribution is 2.37. The molecular weight excluding hydrogens is 418 g/mol. The number of carbonyl (C=O) groups is 3. The molecule has 2 fully saturated rings. The topological polar surface area (TPSA) is 73.0 Å². The summed E-state index contributed by atoms with van der Waals surface area (Å²) >= 11 is 0. The molecule has 0 atom stereocenters. The van der Waals surface area contributed by atoms with E-state index in [1.165, 1.54) is 11.0 Å². The first-order chi connectivity index (χ1) is 15.1. The van der Waals surface area contributed by atoms with Crippen LogP contribution in [0.15, 0.2) is 18.2 Å². The fraction of sp³-hybridized carbons (Fsp3) is 0.609. The van der Waals surface area contributed by atoms with E-state index in [0.29, 0.717) is 37.4 Å². The van der Waals surface area contributed by atoms with Crippen molar-refractivity contribution in [1.29, 1.82) is 0 Å². The van der Waals surface area contributed by atoms with Gasteiger partial charge in [0.1, 0.15) is 12.1 Å². The number of carbonyl (C=O) groups excluding carboxylic acids is 3. The summed E-state index contributed by atoms with van der Waals surface area (Å²) in [6.45, 7) is 2.66. The van der Waals surface area contributed by atoms with Gasteiger partial charge < -0.3 is 15.1 Å². The lowest BCUT2D eigenvalue weighted by atomic mass is 9.75. The Kier molecular flexibility index (Phi) is 7.48. The van der Waals surface area contributed by atoms with E-state index < -0.39 is 29.1 Å². The molecule has 1 aliphatic heterocycles. The number of rotatable bonds is 8. The van der Waals surface area contributed by atoms with E-state index in [9.17, 15) is 23.2 Å². The second kappa shape index (κ2) is 9.94. The third-order valence-electron chi connectivity index (χ3n) is 6.60. The molecule has 0 aromatic heterocycles. The van der Waals surface area contributed by atoms with Crippen LogP contribution in [0.2, 0.25) is 0 Å². The summed E-state index contributed by atoms with van der Waals surface area (Å²) in [7, 11) is 3.71. The molecule has 1 saturated heterocycles. The predicted molar refractivity (Wildman–Crippen MR) is 116 cm³/mol. The number of halogens is 2. The van der Waals surface area contributed by atoms with Gasteiger partial charge in [-0.05, 0) is 63.4 Å². The second-order valence-electron chi connectivity index (χ2n) is 9.12. The summed E-state index contributed by atoms with van der Waals surface area (Å²) in [5.41, 5.74) is -0.472. The van der Waals surface area contributed by atoms with Crippen LogP contribution in [0, 0.1) is 17.6 Å². The Morgan fingerprint density at radius 1 is 1.16 bits per heavy atom. The lowest BCUT2D eigenvalue weighted by molar-refractivity contribution is -0.140. The number of hydrogen-bond acceptors (Lipinski definition) is 4. The van der Waals surface area contributed by atoms with Crippen molar-refractivity contribution in [3.8, 4) is 0 Å². The van der Waals surface area contributed by atoms with Gasteiger partial charge in [0.15, 0.2) is 11.6 Å². The van der Waals surface area contributed by atoms with Crippen molar-refractivity contribution in [2.45, 2.75) is 51.1 Å². The molecule has 1 aromatic rings. The van der Waals surface area contributed by atoms with Gasteiger partial charge >= 0.3 is 6.03 Å². The van der Waals surface area contributed by atoms with E-state index in [1.54, 1.807) is 0 Å². The van der Waals surface area contributed by atoms with Gasteiger partial charge in [-0.1, -0.05) is 19.4 Å². The van der Waals surface area contributed by atoms with Gasteiger partial charge in [0.05, 0.1) is 0 Å². The van der Waals surface area contributed by atoms with E-state index >= 15 is 0 Å². The first-order valence-electron chi connectivity index (χ1n) is 11.2. The van der Waals surface area contributed by atoms with Gasteiger partial charge in [0, 0.05) is 19.6 Å². The van der Waals surface area contributed by atoms with Crippen LogP contribution in [0.25, 0.3) is 0 Å². The van der Waals surface area contributed by atoms with Crippen LogP contribution in [0.5, 0.6) is 0 Å². The van der Waals surface area contributed by atoms with Crippen molar-refractivity contribution >= 4 is 17.8 Å². The smallest absolute Gasteiger partial charge is 0.325 e. The number of hydrogen-bond donors (Lipinski definition) is 1. The highest BCUT2D eigenvalue weighted by molar-refractivity contribution is 6.09. The van der Waals surface area contributed by atoms with Crippen LogP contribution in [0.4, 0.5) is 13.6 Å². The lowest BCUT2D eigenvalue weighted by Gasteiger charge is -2.34. The summed E-state index contributed by atoms with van der Waals surface area (Å²) < 4.78 is 26.9. The molecule has 7 nitrogen and oxygen atoms in total. The van der Waals surface area contributed by atoms with E-state index in [0.717, 1.165) is 36.3 Å². The number of nitrogens with zero attached hydrogens (tertiary/aromatic N) is 3. The predicted octanol–water partition coefficient (Wildman–Crippen LogP) is 2.75. The number of imide groups is 1. The fourth-order valence-corrected chi connectivity index (χ4v) is 4.44. The fourth-order valence-electron chi connectivity index (χ4n) is 4.44. The normalized spacial score (nSPS) is 23.2. The average Bonchev–Trinajstić information content (AvgIpc) is 2.98. The summed E-state index contributed by atoms with van der Waals surface area (Å²) in [6.07, 6.45) is 3.95. The Balaban J connectivity index is 1.71. The molecule has 1 aliphatic carbocycles. The summed E-state index contributed by atoms with van der Waals surface area (Å²) in [5.74, 6) is -2.15. The van der Waals surface area contributed by atoms with Gasteiger partial charge in [-0.2, -0.15) is 0 Å². The molecule has 32 heavy (non-hydrogen) atoms. The van der Waals surface area contributed by atoms with Gasteiger partial charge in [0.25, 0.3) is 5.91 Å². The monoisotopic (exact) mass is 450 g/mol. The van der Waals surface area contributed by atoms with Crippen molar-refractivity contribution < 1.29 is 23.2 Å². The summed E-state index contributed by atoms with van der Waals surface area (Å²) in [4.78, 5) is 43.2. The van der Waals surface area contributed by atoms with Crippen LogP contribution < -0.4 is 5.32 Å². The Bertz CT molecular complexity index is 869. The first kappa shape index (κ1) is 24.1. The van der Waals surface area contributed by atoms with Crippen LogP contribution in [-0.4, -0.2) is 71.8 Å². The molecule has 176 valence electrons. The largest absolute Gasteiger partial charge is 0.336 e. The molecule has 1 heterocycles. The third-order valence-corrected chi connectivity index (χ3v) is 6.60. The van der Waals surface area contributed by atoms with E-state index in [-0.39, 0.29) is 19.0 Å². The molecule has 9 heteroatoms. The van der Waals surface area contributed by atoms with Crippen LogP contribution in [0.3, 0.4) is 0 Å². The molecule has 0 unspecified atom stereocenters. The molecule has 3 rings (SSSR count). The van der Waals surface area contributed by atoms with Crippen LogP contribution in [-0.2, 0) is 16.1 Å². The van der Waals surface area contributed by atoms with Crippen molar-refractivity contribution in [2.75, 3.05) is 33.7 Å². The molecule has 1 N–H and O–H groups in total. The number of benzene rings is 1. The molecule has 4 amide bonds. The third kappa shape index (κ3) is 5.26. The Morgan fingerprint density at radius 3 is 2.44 bits per heavy atom. The highest BCUT2D eigenvalue weighted by Gasteiger charge is 2.52. The average molecular weight is 451 g/mol. The van der Waals surface area contributed by atoms with E-state index in [2.05, 4.69) is 12.2 Å². The highest BCUT2D eigenvalue weighted by atomic mass is 19.2. The number of amides is 4. The van der Waals surface area contributed by atoms with Crippen LogP contribution in [0.1, 0.15) is 44.6 Å². The molecule has 0 radical (unpaired) electrons. The number of likely N-dealkylation sites (N-methyl/N-ethyl adjacent to an activating group) is 1. The number of nitrogens with one attached hydrogen (secondary N) is 1. The van der Waals surface area contributed by atoms with Crippen molar-refractivity contribution in [3.05, 3.63) is 35.4 Å². The zero-order valence-corrected chi connectivity index (χ0v) is 19.0. The van der Waals surface area contributed by atoms with Gasteiger partial charge in [-0.3, -0.25) is 14.5 Å². The second-order valence-corrected chi connectivity index (χ2v) is 9.12. The van der Waals surface area contributed by atoms with Crippen molar-refractivity contribution in [1.82, 2.24) is 20.0 Å². The summed E-state index contributed by atoms with van der Waals surface area (Å²) in [5, 5.41) is 2.84. The molecular formula is C23H32F2N4O3. The maximum atomic E-state index is 13.6. The molecule has 1 spiro atoms. The first-order valence-corrected chi connectivity index (χ1v) is 11.2. The van der Waals surface area contributed by atoms with Crippen molar-refractivity contribution in [2.24, 2.45) is 5.92 Å². The Labute approximate surface area is 187 Å². The summed E-state index contributed by atoms with van der Waals surface area (Å²) in [6, 6.07) is 2.95. The van der Waals surface area contributed by atoms with Crippen LogP contribution >= 0.6 is 0 Å². The minimum atomic E-state index is -0.985. The molecule has 1 saturated carbocycles. The van der Waals surface area contributed by atoms with Crippen molar-refractivity contribution in [3.63, 3.8) is 0 Å². The lowest BCUT2D eigenvalue weighted by Crippen LogP contribution is -2.50. The Hall–Kier alpha value is -2.55. The van der Waals surface area contributed by atoms with Gasteiger partial charge in [-0.15, -0.1) is 0 Å². The van der Waals surface area contributed by atoms with Gasteiger partial charge in [-0.25, -0.2) is 13.6 Å². The SMILES string of the molecule is CCC1CCC2(CC1)NC(=O)N(CC(=O)N(CCN(C)C)Cc1ccc(F)c(F)c1)C2=O. The molecule has 2 aliphatic rings. The quantitative estimate of drug-likeness (QED) is 0.619. The maximum absolute atomic E-state index is 13.6. The zero-order chi connectivity index (χ0) is 23.5. The maximum Gasteiger partial charge on any atom is 0.325 e. The zero-order valence-electron chi connectivity index (χ0n) is 19.0. The van der Waals surface area contributed by atoms with Gasteiger partial charge in [0.2, 0.25) is 5.91 Å². The minimum Gasteiger partial charge on any atom is -0.336 e. The molecule has 1 aromatic carbocycles. The standard InChI is InChI=1S/C23H32F2N4O3/c1-4-16-7-9-23(10-8-16)21(31)29(22(32)26-23)15-20(30)28(12-11-27(2)3)14-17-5-6-18(24)19(25)13-17/h5-6,13,16H,4,7-12,14-15H2,1-3H3,(H,26,32). The molecule has 0 bridgehead atoms.